The SMILES string of the molecule is CCCCc1ccc(-c2cc(C(=O)n3nc(C)cc3C)c3cc(Br)ccc3n2)cc1. The van der Waals surface area contributed by atoms with E-state index in [2.05, 4.69) is 52.2 Å². The Morgan fingerprint density at radius 1 is 1.03 bits per heavy atom. The zero-order chi connectivity index (χ0) is 21.3. The Labute approximate surface area is 185 Å². The van der Waals surface area contributed by atoms with Gasteiger partial charge in [0.25, 0.3) is 5.91 Å². The summed E-state index contributed by atoms with van der Waals surface area (Å²) in [7, 11) is 0. The number of nitrogens with zero attached hydrogens (tertiary/aromatic N) is 3. The molecule has 0 N–H and O–H groups in total. The van der Waals surface area contributed by atoms with Crippen molar-refractivity contribution in [2.45, 2.75) is 40.0 Å². The van der Waals surface area contributed by atoms with Gasteiger partial charge in [-0.05, 0) is 62.6 Å². The average Bonchev–Trinajstić information content (AvgIpc) is 3.09. The van der Waals surface area contributed by atoms with Crippen LogP contribution >= 0.6 is 15.9 Å². The van der Waals surface area contributed by atoms with E-state index >= 15 is 0 Å². The van der Waals surface area contributed by atoms with E-state index < -0.39 is 0 Å². The molecule has 0 aliphatic rings. The lowest BCUT2D eigenvalue weighted by Crippen LogP contribution is -2.16. The van der Waals surface area contributed by atoms with Crippen molar-refractivity contribution in [3.05, 3.63) is 81.6 Å². The van der Waals surface area contributed by atoms with Crippen LogP contribution in [0.15, 0.2) is 59.1 Å². The van der Waals surface area contributed by atoms with Crippen LogP contribution in [-0.2, 0) is 6.42 Å². The topological polar surface area (TPSA) is 47.8 Å². The summed E-state index contributed by atoms with van der Waals surface area (Å²) < 4.78 is 2.38. The maximum absolute atomic E-state index is 13.4. The second-order valence-corrected chi connectivity index (χ2v) is 8.58. The molecule has 5 heteroatoms. The summed E-state index contributed by atoms with van der Waals surface area (Å²) in [6.07, 6.45) is 3.45. The molecule has 0 amide bonds. The number of aromatic nitrogens is 3. The Morgan fingerprint density at radius 2 is 1.80 bits per heavy atom. The number of halogens is 1. The maximum atomic E-state index is 13.4. The molecule has 2 heterocycles. The summed E-state index contributed by atoms with van der Waals surface area (Å²) in [6, 6.07) is 18.1. The van der Waals surface area contributed by atoms with Crippen LogP contribution < -0.4 is 0 Å². The van der Waals surface area contributed by atoms with Gasteiger partial charge in [-0.25, -0.2) is 9.67 Å². The molecular weight excluding hydrogens is 438 g/mol. The highest BCUT2D eigenvalue weighted by Gasteiger charge is 2.18. The fourth-order valence-corrected chi connectivity index (χ4v) is 4.06. The monoisotopic (exact) mass is 461 g/mol. The predicted octanol–water partition coefficient (Wildman–Crippen LogP) is 6.51. The molecule has 0 unspecified atom stereocenters. The van der Waals surface area contributed by atoms with Gasteiger partial charge in [-0.2, -0.15) is 5.10 Å². The van der Waals surface area contributed by atoms with Gasteiger partial charge in [-0.1, -0.05) is 53.5 Å². The number of pyridine rings is 1. The minimum absolute atomic E-state index is 0.146. The van der Waals surface area contributed by atoms with Gasteiger partial charge in [0.1, 0.15) is 0 Å². The summed E-state index contributed by atoms with van der Waals surface area (Å²) in [4.78, 5) is 18.3. The Balaban J connectivity index is 1.83. The minimum Gasteiger partial charge on any atom is -0.267 e. The van der Waals surface area contributed by atoms with Crippen LogP contribution in [0.4, 0.5) is 0 Å². The van der Waals surface area contributed by atoms with E-state index in [-0.39, 0.29) is 5.91 Å². The third kappa shape index (κ3) is 4.08. The van der Waals surface area contributed by atoms with Crippen molar-refractivity contribution in [3.8, 4) is 11.3 Å². The molecule has 0 atom stereocenters. The van der Waals surface area contributed by atoms with Crippen molar-refractivity contribution in [1.82, 2.24) is 14.8 Å². The first-order chi connectivity index (χ1) is 14.5. The standard InChI is InChI=1S/C25H24BrN3O/c1-4-5-6-18-7-9-19(10-8-18)24-15-22(21-14-20(26)11-12-23(21)27-24)25(30)29-17(3)13-16(2)28-29/h7-15H,4-6H2,1-3H3. The molecule has 0 aliphatic carbocycles. The van der Waals surface area contributed by atoms with Crippen LogP contribution in [0.3, 0.4) is 0 Å². The number of rotatable bonds is 5. The Morgan fingerprint density at radius 3 is 2.47 bits per heavy atom. The van der Waals surface area contributed by atoms with Crippen LogP contribution in [0.2, 0.25) is 0 Å². The van der Waals surface area contributed by atoms with Crippen LogP contribution in [0.1, 0.15) is 47.1 Å². The smallest absolute Gasteiger partial charge is 0.267 e. The minimum atomic E-state index is -0.146. The molecule has 4 nitrogen and oxygen atoms in total. The Hall–Kier alpha value is -2.79. The molecule has 4 rings (SSSR count). The number of carbonyl (C=O) groups excluding carboxylic acids is 1. The van der Waals surface area contributed by atoms with Gasteiger partial charge in [0.2, 0.25) is 0 Å². The summed E-state index contributed by atoms with van der Waals surface area (Å²) in [5.41, 5.74) is 6.14. The third-order valence-corrected chi connectivity index (χ3v) is 5.77. The highest BCUT2D eigenvalue weighted by Crippen LogP contribution is 2.28. The second kappa shape index (κ2) is 8.52. The van der Waals surface area contributed by atoms with E-state index in [1.165, 1.54) is 23.1 Å². The van der Waals surface area contributed by atoms with Gasteiger partial charge < -0.3 is 0 Å². The number of benzene rings is 2. The van der Waals surface area contributed by atoms with E-state index in [0.717, 1.165) is 44.4 Å². The van der Waals surface area contributed by atoms with Crippen LogP contribution in [-0.4, -0.2) is 20.7 Å². The second-order valence-electron chi connectivity index (χ2n) is 7.66. The quantitative estimate of drug-likeness (QED) is 0.340. The van der Waals surface area contributed by atoms with Gasteiger partial charge in [-0.3, -0.25) is 4.79 Å². The van der Waals surface area contributed by atoms with Crippen LogP contribution in [0.25, 0.3) is 22.2 Å². The molecule has 152 valence electrons. The highest BCUT2D eigenvalue weighted by molar-refractivity contribution is 9.10. The van der Waals surface area contributed by atoms with Crippen molar-refractivity contribution in [2.24, 2.45) is 0 Å². The molecule has 0 aliphatic heterocycles. The number of aryl methyl sites for hydroxylation is 3. The molecular formula is C25H24BrN3O. The summed E-state index contributed by atoms with van der Waals surface area (Å²) in [5.74, 6) is -0.146. The molecule has 0 fully saturated rings. The first-order valence-electron chi connectivity index (χ1n) is 10.2. The fraction of sp³-hybridized carbons (Fsp3) is 0.240. The van der Waals surface area contributed by atoms with Gasteiger partial charge in [0.05, 0.1) is 22.5 Å². The lowest BCUT2D eigenvalue weighted by atomic mass is 10.0. The van der Waals surface area contributed by atoms with E-state index in [1.807, 2.05) is 44.2 Å². The van der Waals surface area contributed by atoms with Crippen molar-refractivity contribution in [1.29, 1.82) is 0 Å². The highest BCUT2D eigenvalue weighted by atomic mass is 79.9. The largest absolute Gasteiger partial charge is 0.279 e. The molecule has 30 heavy (non-hydrogen) atoms. The number of hydrogen-bond donors (Lipinski definition) is 0. The van der Waals surface area contributed by atoms with Gasteiger partial charge in [0, 0.05) is 21.1 Å². The first-order valence-corrected chi connectivity index (χ1v) is 11.0. The summed E-state index contributed by atoms with van der Waals surface area (Å²) in [6.45, 7) is 5.99. The zero-order valence-corrected chi connectivity index (χ0v) is 19.0. The Bertz CT molecular complexity index is 1230. The average molecular weight is 462 g/mol. The fourth-order valence-electron chi connectivity index (χ4n) is 3.69. The molecule has 0 saturated heterocycles. The molecule has 0 radical (unpaired) electrons. The van der Waals surface area contributed by atoms with E-state index in [0.29, 0.717) is 5.56 Å². The van der Waals surface area contributed by atoms with Crippen molar-refractivity contribution < 1.29 is 4.79 Å². The molecule has 0 bridgehead atoms. The third-order valence-electron chi connectivity index (χ3n) is 5.27. The lowest BCUT2D eigenvalue weighted by molar-refractivity contribution is 0.0944. The maximum Gasteiger partial charge on any atom is 0.279 e. The molecule has 0 saturated carbocycles. The predicted molar refractivity (Wildman–Crippen MR) is 125 cm³/mol. The number of unbranched alkanes of at least 4 members (excludes halogenated alkanes) is 1. The van der Waals surface area contributed by atoms with Gasteiger partial charge in [0.15, 0.2) is 0 Å². The van der Waals surface area contributed by atoms with E-state index in [4.69, 9.17) is 4.98 Å². The van der Waals surface area contributed by atoms with Gasteiger partial charge >= 0.3 is 0 Å². The van der Waals surface area contributed by atoms with E-state index in [9.17, 15) is 4.79 Å². The molecule has 2 aromatic carbocycles. The normalized spacial score (nSPS) is 11.2. The van der Waals surface area contributed by atoms with Crippen molar-refractivity contribution in [3.63, 3.8) is 0 Å². The summed E-state index contributed by atoms with van der Waals surface area (Å²) in [5, 5.41) is 5.20. The van der Waals surface area contributed by atoms with Crippen molar-refractivity contribution >= 4 is 32.7 Å². The molecule has 4 aromatic rings. The molecule has 2 aromatic heterocycles. The summed E-state index contributed by atoms with van der Waals surface area (Å²) >= 11 is 3.52. The van der Waals surface area contributed by atoms with Crippen LogP contribution in [0.5, 0.6) is 0 Å². The number of hydrogen-bond acceptors (Lipinski definition) is 3. The Kier molecular flexibility index (Phi) is 5.82. The van der Waals surface area contributed by atoms with Crippen LogP contribution in [0, 0.1) is 13.8 Å². The van der Waals surface area contributed by atoms with Gasteiger partial charge in [-0.15, -0.1) is 0 Å². The molecule has 0 spiro atoms. The van der Waals surface area contributed by atoms with E-state index in [1.54, 1.807) is 0 Å². The van der Waals surface area contributed by atoms with Crippen molar-refractivity contribution in [2.75, 3.05) is 0 Å². The number of fused-ring (bicyclic) bond motifs is 1. The zero-order valence-electron chi connectivity index (χ0n) is 17.4. The first kappa shape index (κ1) is 20.5. The lowest BCUT2D eigenvalue weighted by Gasteiger charge is -2.11. The number of carbonyl (C=O) groups is 1.